The Bertz CT molecular complexity index is 991. The van der Waals surface area contributed by atoms with Crippen LogP contribution in [0.1, 0.15) is 73.5 Å². The Kier molecular flexibility index (Phi) is 8.58. The average Bonchev–Trinajstić information content (AvgIpc) is 3.42. The fourth-order valence-corrected chi connectivity index (χ4v) is 4.49. The van der Waals surface area contributed by atoms with E-state index in [0.29, 0.717) is 18.3 Å². The largest absolute Gasteiger partial charge is 0.493 e. The van der Waals surface area contributed by atoms with E-state index in [1.54, 1.807) is 25.3 Å². The molecule has 1 aromatic carbocycles. The molecule has 1 fully saturated rings. The quantitative estimate of drug-likeness (QED) is 0.605. The third-order valence-corrected chi connectivity index (χ3v) is 6.30. The summed E-state index contributed by atoms with van der Waals surface area (Å²) in [6.07, 6.45) is 7.27. The normalized spacial score (nSPS) is 17.6. The van der Waals surface area contributed by atoms with Gasteiger partial charge in [-0.25, -0.2) is 4.98 Å². The number of nitrogen functional groups attached to an aromatic ring is 1. The summed E-state index contributed by atoms with van der Waals surface area (Å²) in [5.41, 5.74) is 8.17. The van der Waals surface area contributed by atoms with Gasteiger partial charge in [0.05, 0.1) is 18.2 Å². The number of hydrogen-bond acceptors (Lipinski definition) is 6. The number of carbonyl (C=O) groups is 3. The number of aromatic nitrogens is 1. The number of Topliss-reactive ketones (excluding diaryl/α,β-unsaturated/α-hetero) is 1. The van der Waals surface area contributed by atoms with Gasteiger partial charge >= 0.3 is 0 Å². The molecule has 2 aromatic rings. The SMILES string of the molecule is CC[C@@H](c1ccc2c(c1)OCC2)N1CCC(CCCC(C)=O)C1=O.Nc1ncccc1C=O. The lowest BCUT2D eigenvalue weighted by atomic mass is 9.98. The second-order valence-electron chi connectivity index (χ2n) is 8.60. The van der Waals surface area contributed by atoms with Crippen molar-refractivity contribution in [1.82, 2.24) is 9.88 Å². The van der Waals surface area contributed by atoms with Crippen LogP contribution in [-0.2, 0) is 16.0 Å². The standard InChI is InChI=1S/C20H27NO3.C6H6N2O/c1-3-18(17-8-7-15-10-12-24-19(15)13-17)21-11-9-16(20(21)23)6-4-5-14(2)22;7-6-5(4-9)2-1-3-8-6/h7-8,13,16,18H,3-6,9-12H2,1-2H3;1-4H,(H2,7,8)/t16?,18-;/m0./s1. The van der Waals surface area contributed by atoms with Crippen molar-refractivity contribution in [3.05, 3.63) is 53.2 Å². The van der Waals surface area contributed by atoms with Crippen LogP contribution in [0.25, 0.3) is 0 Å². The Morgan fingerprint density at radius 3 is 2.85 bits per heavy atom. The van der Waals surface area contributed by atoms with Gasteiger partial charge in [-0.05, 0) is 61.9 Å². The first-order chi connectivity index (χ1) is 15.9. The lowest BCUT2D eigenvalue weighted by molar-refractivity contribution is -0.133. The van der Waals surface area contributed by atoms with E-state index in [9.17, 15) is 14.4 Å². The second-order valence-corrected chi connectivity index (χ2v) is 8.60. The third kappa shape index (κ3) is 6.18. The summed E-state index contributed by atoms with van der Waals surface area (Å²) in [5.74, 6) is 1.82. The van der Waals surface area contributed by atoms with E-state index < -0.39 is 0 Å². The molecule has 2 N–H and O–H groups in total. The first-order valence-corrected chi connectivity index (χ1v) is 11.7. The molecule has 2 aliphatic rings. The van der Waals surface area contributed by atoms with Gasteiger partial charge in [0.15, 0.2) is 6.29 Å². The highest BCUT2D eigenvalue weighted by Gasteiger charge is 2.35. The zero-order chi connectivity index (χ0) is 23.8. The van der Waals surface area contributed by atoms with Crippen molar-refractivity contribution >= 4 is 23.8 Å². The van der Waals surface area contributed by atoms with E-state index in [-0.39, 0.29) is 29.5 Å². The van der Waals surface area contributed by atoms with Gasteiger partial charge in [0.1, 0.15) is 17.4 Å². The fourth-order valence-electron chi connectivity index (χ4n) is 4.49. The van der Waals surface area contributed by atoms with E-state index >= 15 is 0 Å². The van der Waals surface area contributed by atoms with E-state index in [4.69, 9.17) is 10.5 Å². The molecule has 0 aliphatic carbocycles. The van der Waals surface area contributed by atoms with Crippen molar-refractivity contribution in [2.75, 3.05) is 18.9 Å². The summed E-state index contributed by atoms with van der Waals surface area (Å²) >= 11 is 0. The highest BCUT2D eigenvalue weighted by molar-refractivity contribution is 5.82. The molecule has 1 unspecified atom stereocenters. The summed E-state index contributed by atoms with van der Waals surface area (Å²) in [4.78, 5) is 39.7. The summed E-state index contributed by atoms with van der Waals surface area (Å²) in [5, 5.41) is 0. The van der Waals surface area contributed by atoms with E-state index in [1.807, 2.05) is 4.90 Å². The molecule has 4 rings (SSSR count). The molecule has 2 atom stereocenters. The fraction of sp³-hybridized carbons (Fsp3) is 0.462. The summed E-state index contributed by atoms with van der Waals surface area (Å²) in [7, 11) is 0. The van der Waals surface area contributed by atoms with Crippen molar-refractivity contribution in [3.8, 4) is 5.75 Å². The molecule has 1 saturated heterocycles. The van der Waals surface area contributed by atoms with Gasteiger partial charge in [0, 0.05) is 31.5 Å². The Labute approximate surface area is 195 Å². The molecule has 7 heteroatoms. The Morgan fingerprint density at radius 1 is 1.36 bits per heavy atom. The zero-order valence-corrected chi connectivity index (χ0v) is 19.5. The number of benzene rings is 1. The van der Waals surface area contributed by atoms with Crippen LogP contribution in [0.15, 0.2) is 36.5 Å². The Morgan fingerprint density at radius 2 is 2.18 bits per heavy atom. The van der Waals surface area contributed by atoms with Crippen LogP contribution in [0.5, 0.6) is 5.75 Å². The van der Waals surface area contributed by atoms with Crippen LogP contribution in [0, 0.1) is 5.92 Å². The number of aldehydes is 1. The number of pyridine rings is 1. The lowest BCUT2D eigenvalue weighted by Crippen LogP contribution is -2.31. The van der Waals surface area contributed by atoms with Crippen LogP contribution in [-0.4, -0.2) is 41.0 Å². The summed E-state index contributed by atoms with van der Waals surface area (Å²) < 4.78 is 5.68. The topological polar surface area (TPSA) is 103 Å². The summed E-state index contributed by atoms with van der Waals surface area (Å²) in [6, 6.07) is 9.83. The maximum Gasteiger partial charge on any atom is 0.226 e. The van der Waals surface area contributed by atoms with E-state index in [0.717, 1.165) is 51.0 Å². The number of fused-ring (bicyclic) bond motifs is 1. The first kappa shape index (κ1) is 24.4. The summed E-state index contributed by atoms with van der Waals surface area (Å²) in [6.45, 7) is 5.33. The van der Waals surface area contributed by atoms with Crippen LogP contribution in [0.4, 0.5) is 5.82 Å². The average molecular weight is 452 g/mol. The predicted molar refractivity (Wildman–Crippen MR) is 127 cm³/mol. The number of likely N-dealkylation sites (tertiary alicyclic amines) is 1. The molecule has 0 bridgehead atoms. The molecule has 0 spiro atoms. The van der Waals surface area contributed by atoms with Gasteiger partial charge in [-0.2, -0.15) is 0 Å². The van der Waals surface area contributed by atoms with Gasteiger partial charge in [-0.3, -0.25) is 9.59 Å². The maximum atomic E-state index is 12.8. The molecule has 3 heterocycles. The van der Waals surface area contributed by atoms with Crippen molar-refractivity contribution in [2.24, 2.45) is 5.92 Å². The minimum Gasteiger partial charge on any atom is -0.493 e. The van der Waals surface area contributed by atoms with Crippen molar-refractivity contribution < 1.29 is 19.1 Å². The molecule has 0 saturated carbocycles. The van der Waals surface area contributed by atoms with Gasteiger partial charge in [-0.15, -0.1) is 0 Å². The molecule has 0 radical (unpaired) electrons. The van der Waals surface area contributed by atoms with Crippen molar-refractivity contribution in [2.45, 2.75) is 58.4 Å². The number of rotatable bonds is 8. The molecule has 1 aromatic heterocycles. The number of amides is 1. The van der Waals surface area contributed by atoms with Gasteiger partial charge < -0.3 is 20.2 Å². The number of anilines is 1. The number of ether oxygens (including phenoxy) is 1. The number of nitrogens with two attached hydrogens (primary N) is 1. The highest BCUT2D eigenvalue weighted by Crippen LogP contribution is 2.36. The van der Waals surface area contributed by atoms with Gasteiger partial charge in [-0.1, -0.05) is 19.1 Å². The van der Waals surface area contributed by atoms with Crippen molar-refractivity contribution in [1.29, 1.82) is 0 Å². The molecule has 7 nitrogen and oxygen atoms in total. The second kappa shape index (κ2) is 11.6. The van der Waals surface area contributed by atoms with E-state index in [1.165, 1.54) is 11.1 Å². The lowest BCUT2D eigenvalue weighted by Gasteiger charge is -2.28. The van der Waals surface area contributed by atoms with Gasteiger partial charge in [0.25, 0.3) is 0 Å². The van der Waals surface area contributed by atoms with Crippen LogP contribution >= 0.6 is 0 Å². The number of ketones is 1. The monoisotopic (exact) mass is 451 g/mol. The van der Waals surface area contributed by atoms with E-state index in [2.05, 4.69) is 30.1 Å². The number of nitrogens with zero attached hydrogens (tertiary/aromatic N) is 2. The minimum atomic E-state index is 0.0871. The minimum absolute atomic E-state index is 0.0871. The van der Waals surface area contributed by atoms with Crippen LogP contribution in [0.2, 0.25) is 0 Å². The molecular weight excluding hydrogens is 418 g/mol. The highest BCUT2D eigenvalue weighted by atomic mass is 16.5. The maximum absolute atomic E-state index is 12.8. The third-order valence-electron chi connectivity index (χ3n) is 6.30. The number of carbonyl (C=O) groups excluding carboxylic acids is 3. The van der Waals surface area contributed by atoms with Crippen LogP contribution < -0.4 is 10.5 Å². The molecule has 176 valence electrons. The smallest absolute Gasteiger partial charge is 0.226 e. The molecule has 1 amide bonds. The molecular formula is C26H33N3O4. The predicted octanol–water partition coefficient (Wildman–Crippen LogP) is 4.16. The molecule has 2 aliphatic heterocycles. The van der Waals surface area contributed by atoms with Gasteiger partial charge in [0.2, 0.25) is 5.91 Å². The molecule has 33 heavy (non-hydrogen) atoms. The zero-order valence-electron chi connectivity index (χ0n) is 19.5. The first-order valence-electron chi connectivity index (χ1n) is 11.7. The van der Waals surface area contributed by atoms with Crippen molar-refractivity contribution in [3.63, 3.8) is 0 Å². The Balaban J connectivity index is 0.000000286. The Hall–Kier alpha value is -3.22. The number of hydrogen-bond donors (Lipinski definition) is 1. The van der Waals surface area contributed by atoms with Crippen LogP contribution in [0.3, 0.4) is 0 Å².